The number of carbonyl (C=O) groups is 2. The summed E-state index contributed by atoms with van der Waals surface area (Å²) in [7, 11) is -3.53. The highest BCUT2D eigenvalue weighted by atomic mass is 32.2. The molecule has 0 unspecified atom stereocenters. The zero-order valence-electron chi connectivity index (χ0n) is 20.9. The molecule has 37 heavy (non-hydrogen) atoms. The molecule has 0 saturated heterocycles. The van der Waals surface area contributed by atoms with Crippen molar-refractivity contribution >= 4 is 33.7 Å². The molecule has 0 atom stereocenters. The lowest BCUT2D eigenvalue weighted by molar-refractivity contribution is -0.123. The number of amides is 2. The highest BCUT2D eigenvalue weighted by Crippen LogP contribution is 2.21. The number of sulfonamides is 1. The van der Waals surface area contributed by atoms with Crippen LogP contribution in [0.25, 0.3) is 0 Å². The predicted octanol–water partition coefficient (Wildman–Crippen LogP) is 3.32. The molecule has 0 aliphatic rings. The standard InChI is InChI=1S/C27H30N4O5S/c1-20(2)29-26(32)19-36-25-15-9-21(10-16-25)17-28-30-27(33)23-11-13-24(14-12-23)31(37(3,34)35)18-22-7-5-4-6-8-22/h4-17,20H,18-19H2,1-3H3,(H,29,32)(H,30,33)/b28-17-. The maximum Gasteiger partial charge on any atom is 0.271 e. The predicted molar refractivity (Wildman–Crippen MR) is 144 cm³/mol. The van der Waals surface area contributed by atoms with Gasteiger partial charge < -0.3 is 10.1 Å². The van der Waals surface area contributed by atoms with E-state index in [0.29, 0.717) is 17.0 Å². The number of ether oxygens (including phenoxy) is 1. The Morgan fingerprint density at radius 1 is 0.973 bits per heavy atom. The smallest absolute Gasteiger partial charge is 0.271 e. The van der Waals surface area contributed by atoms with Crippen molar-refractivity contribution < 1.29 is 22.7 Å². The molecule has 0 fully saturated rings. The molecule has 2 amide bonds. The van der Waals surface area contributed by atoms with Crippen LogP contribution in [0.15, 0.2) is 84.0 Å². The van der Waals surface area contributed by atoms with E-state index in [0.717, 1.165) is 17.4 Å². The van der Waals surface area contributed by atoms with Crippen molar-refractivity contribution in [2.45, 2.75) is 26.4 Å². The van der Waals surface area contributed by atoms with E-state index in [1.54, 1.807) is 48.5 Å². The second-order valence-corrected chi connectivity index (χ2v) is 10.5. The third-order valence-electron chi connectivity index (χ3n) is 5.07. The number of benzene rings is 3. The van der Waals surface area contributed by atoms with Crippen LogP contribution >= 0.6 is 0 Å². The van der Waals surface area contributed by atoms with Gasteiger partial charge in [0.25, 0.3) is 11.8 Å². The van der Waals surface area contributed by atoms with E-state index in [-0.39, 0.29) is 25.1 Å². The summed E-state index contributed by atoms with van der Waals surface area (Å²) in [5, 5.41) is 6.72. The molecule has 3 rings (SSSR count). The van der Waals surface area contributed by atoms with Crippen LogP contribution < -0.4 is 19.8 Å². The zero-order valence-corrected chi connectivity index (χ0v) is 21.7. The Bertz CT molecular complexity index is 1320. The van der Waals surface area contributed by atoms with Gasteiger partial charge in [0.05, 0.1) is 24.7 Å². The molecule has 0 aromatic heterocycles. The van der Waals surface area contributed by atoms with Crippen LogP contribution in [0.4, 0.5) is 5.69 Å². The van der Waals surface area contributed by atoms with Crippen LogP contribution in [-0.2, 0) is 21.4 Å². The summed E-state index contributed by atoms with van der Waals surface area (Å²) in [6.07, 6.45) is 2.63. The fourth-order valence-electron chi connectivity index (χ4n) is 3.32. The summed E-state index contributed by atoms with van der Waals surface area (Å²) in [5.74, 6) is -0.0972. The molecule has 0 saturated carbocycles. The van der Waals surface area contributed by atoms with Crippen LogP contribution in [0.2, 0.25) is 0 Å². The van der Waals surface area contributed by atoms with Crippen molar-refractivity contribution in [3.8, 4) is 5.75 Å². The summed E-state index contributed by atoms with van der Waals surface area (Å²) in [5.41, 5.74) is 4.81. The Balaban J connectivity index is 1.56. The Morgan fingerprint density at radius 3 is 2.22 bits per heavy atom. The summed E-state index contributed by atoms with van der Waals surface area (Å²) in [4.78, 5) is 24.1. The van der Waals surface area contributed by atoms with Crippen LogP contribution in [0.1, 0.15) is 35.3 Å². The van der Waals surface area contributed by atoms with Gasteiger partial charge in [-0.15, -0.1) is 0 Å². The second kappa shape index (κ2) is 12.7. The molecule has 10 heteroatoms. The Labute approximate surface area is 217 Å². The quantitative estimate of drug-likeness (QED) is 0.296. The maximum atomic E-state index is 12.5. The van der Waals surface area contributed by atoms with E-state index in [4.69, 9.17) is 4.74 Å². The number of rotatable bonds is 11. The highest BCUT2D eigenvalue weighted by molar-refractivity contribution is 7.92. The fourth-order valence-corrected chi connectivity index (χ4v) is 4.21. The first-order valence-electron chi connectivity index (χ1n) is 11.6. The number of anilines is 1. The van der Waals surface area contributed by atoms with E-state index in [9.17, 15) is 18.0 Å². The minimum atomic E-state index is -3.53. The van der Waals surface area contributed by atoms with Crippen LogP contribution in [0.3, 0.4) is 0 Å². The summed E-state index contributed by atoms with van der Waals surface area (Å²) >= 11 is 0. The number of carbonyl (C=O) groups excluding carboxylic acids is 2. The average molecular weight is 523 g/mol. The van der Waals surface area contributed by atoms with Crippen molar-refractivity contribution in [2.24, 2.45) is 5.10 Å². The van der Waals surface area contributed by atoms with Crippen molar-refractivity contribution in [2.75, 3.05) is 17.2 Å². The average Bonchev–Trinajstić information content (AvgIpc) is 2.86. The number of hydrogen-bond donors (Lipinski definition) is 2. The molecule has 3 aromatic rings. The first-order chi connectivity index (χ1) is 17.6. The number of hydrogen-bond acceptors (Lipinski definition) is 6. The largest absolute Gasteiger partial charge is 0.484 e. The van der Waals surface area contributed by atoms with Gasteiger partial charge in [0, 0.05) is 11.6 Å². The molecule has 9 nitrogen and oxygen atoms in total. The van der Waals surface area contributed by atoms with E-state index >= 15 is 0 Å². The van der Waals surface area contributed by atoms with E-state index < -0.39 is 15.9 Å². The van der Waals surface area contributed by atoms with Crippen molar-refractivity contribution in [1.29, 1.82) is 0 Å². The van der Waals surface area contributed by atoms with Gasteiger partial charge in [0.1, 0.15) is 5.75 Å². The number of nitrogens with zero attached hydrogens (tertiary/aromatic N) is 2. The molecule has 0 aliphatic carbocycles. The van der Waals surface area contributed by atoms with Gasteiger partial charge >= 0.3 is 0 Å². The molecule has 0 heterocycles. The number of nitrogens with one attached hydrogen (secondary N) is 2. The third kappa shape index (κ3) is 8.76. The zero-order chi connectivity index (χ0) is 26.8. The molecule has 0 radical (unpaired) electrons. The van der Waals surface area contributed by atoms with Crippen LogP contribution in [-0.4, -0.2) is 45.4 Å². The van der Waals surface area contributed by atoms with Crippen LogP contribution in [0.5, 0.6) is 5.75 Å². The summed E-state index contributed by atoms with van der Waals surface area (Å²) < 4.78 is 31.4. The monoisotopic (exact) mass is 522 g/mol. The molecule has 194 valence electrons. The van der Waals surface area contributed by atoms with E-state index in [1.165, 1.54) is 10.5 Å². The highest BCUT2D eigenvalue weighted by Gasteiger charge is 2.18. The number of hydrazone groups is 1. The lowest BCUT2D eigenvalue weighted by Gasteiger charge is -2.22. The SMILES string of the molecule is CC(C)NC(=O)COc1ccc(/C=N\NC(=O)c2ccc(N(Cc3ccccc3)S(C)(=O)=O)cc2)cc1. The van der Waals surface area contributed by atoms with Crippen molar-refractivity contribution in [3.63, 3.8) is 0 Å². The van der Waals surface area contributed by atoms with Gasteiger partial charge in [0.2, 0.25) is 10.0 Å². The van der Waals surface area contributed by atoms with E-state index in [1.807, 2.05) is 44.2 Å². The minimum Gasteiger partial charge on any atom is -0.484 e. The first-order valence-corrected chi connectivity index (χ1v) is 13.4. The lowest BCUT2D eigenvalue weighted by atomic mass is 10.2. The van der Waals surface area contributed by atoms with E-state index in [2.05, 4.69) is 15.8 Å². The normalized spacial score (nSPS) is 11.4. The van der Waals surface area contributed by atoms with Gasteiger partial charge in [-0.1, -0.05) is 30.3 Å². The Kier molecular flexibility index (Phi) is 9.39. The topological polar surface area (TPSA) is 117 Å². The minimum absolute atomic E-state index is 0.0460. The Morgan fingerprint density at radius 2 is 1.62 bits per heavy atom. The molecule has 3 aromatic carbocycles. The van der Waals surface area contributed by atoms with Crippen LogP contribution in [0, 0.1) is 0 Å². The van der Waals surface area contributed by atoms with Gasteiger partial charge in [-0.25, -0.2) is 13.8 Å². The lowest BCUT2D eigenvalue weighted by Crippen LogP contribution is -2.34. The molecular weight excluding hydrogens is 492 g/mol. The summed E-state index contributed by atoms with van der Waals surface area (Å²) in [6, 6.07) is 22.5. The first kappa shape index (κ1) is 27.4. The fraction of sp³-hybridized carbons (Fsp3) is 0.222. The third-order valence-corrected chi connectivity index (χ3v) is 6.21. The van der Waals surface area contributed by atoms with Gasteiger partial charge in [0.15, 0.2) is 6.61 Å². The molecule has 0 aliphatic heterocycles. The second-order valence-electron chi connectivity index (χ2n) is 8.58. The maximum absolute atomic E-state index is 12.5. The molecule has 0 bridgehead atoms. The van der Waals surface area contributed by atoms with Gasteiger partial charge in [-0.2, -0.15) is 5.10 Å². The molecular formula is C27H30N4O5S. The van der Waals surface area contributed by atoms with Crippen molar-refractivity contribution in [1.82, 2.24) is 10.7 Å². The Hall–Kier alpha value is -4.18. The van der Waals surface area contributed by atoms with Gasteiger partial charge in [-0.05, 0) is 73.5 Å². The van der Waals surface area contributed by atoms with Crippen molar-refractivity contribution in [3.05, 3.63) is 95.6 Å². The van der Waals surface area contributed by atoms with Gasteiger partial charge in [-0.3, -0.25) is 13.9 Å². The molecule has 0 spiro atoms. The summed E-state index contributed by atoms with van der Waals surface area (Å²) in [6.45, 7) is 3.86. The molecule has 2 N–H and O–H groups in total.